The average Bonchev–Trinajstić information content (AvgIpc) is 1.76. The third-order valence-corrected chi connectivity index (χ3v) is 18.6. The van der Waals surface area contributed by atoms with Gasteiger partial charge in [0.25, 0.3) is 0 Å². The zero-order chi connectivity index (χ0) is 64.9. The predicted molar refractivity (Wildman–Crippen MR) is 295 cm³/mol. The molecule has 0 aromatic heterocycles. The number of nitrogens with zero attached hydrogens (tertiary/aromatic N) is 6. The van der Waals surface area contributed by atoms with Crippen LogP contribution in [0.1, 0.15) is 59.8 Å². The van der Waals surface area contributed by atoms with Gasteiger partial charge in [0.05, 0.1) is 87.5 Å². The van der Waals surface area contributed by atoms with Crippen LogP contribution in [0.5, 0.6) is 0 Å². The number of nitrogens with one attached hydrogen (secondary N) is 1. The number of hydrogen-bond donors (Lipinski definition) is 13. The van der Waals surface area contributed by atoms with Gasteiger partial charge < -0.3 is 104 Å². The average molecular weight is 1270 g/mol. The number of ether oxygens (including phenoxy) is 4. The van der Waals surface area contributed by atoms with E-state index in [1.807, 2.05) is 0 Å². The van der Waals surface area contributed by atoms with Crippen LogP contribution in [0.25, 0.3) is 0 Å². The lowest BCUT2D eigenvalue weighted by Crippen LogP contribution is -2.66. The molecule has 0 aliphatic carbocycles. The van der Waals surface area contributed by atoms with Gasteiger partial charge in [-0.1, -0.05) is 48.3 Å². The maximum Gasteiger partial charge on any atom is 0.237 e. The molecule has 8 rings (SSSR count). The van der Waals surface area contributed by atoms with Crippen molar-refractivity contribution in [2.75, 3.05) is 46.1 Å². The minimum absolute atomic E-state index is 0.0285. The lowest BCUT2D eigenvalue weighted by Gasteiger charge is -2.49. The van der Waals surface area contributed by atoms with Crippen molar-refractivity contribution in [3.8, 4) is 0 Å². The number of carbonyl (C=O) groups is 7. The van der Waals surface area contributed by atoms with Crippen molar-refractivity contribution in [2.45, 2.75) is 182 Å². The van der Waals surface area contributed by atoms with Gasteiger partial charge in [-0.2, -0.15) is 0 Å². The van der Waals surface area contributed by atoms with Gasteiger partial charge in [0.2, 0.25) is 31.1 Å². The number of hydrogen-bond acceptors (Lipinski definition) is 33. The molecule has 24 unspecified atom stereocenters. The molecule has 0 saturated carbocycles. The molecule has 8 heterocycles. The van der Waals surface area contributed by atoms with Crippen LogP contribution in [0.15, 0.2) is 20.6 Å². The smallest absolute Gasteiger partial charge is 0.237 e. The van der Waals surface area contributed by atoms with E-state index < -0.39 is 250 Å². The maximum atomic E-state index is 15.9. The summed E-state index contributed by atoms with van der Waals surface area (Å²) < 4.78 is 22.5. The molecule has 13 N–H and O–H groups in total. The van der Waals surface area contributed by atoms with Crippen LogP contribution in [0.3, 0.4) is 0 Å². The van der Waals surface area contributed by atoms with Gasteiger partial charge in [-0.25, -0.2) is 0 Å². The van der Waals surface area contributed by atoms with Crippen molar-refractivity contribution in [1.29, 1.82) is 0 Å². The third kappa shape index (κ3) is 14.6. The quantitative estimate of drug-likeness (QED) is 0.0306. The summed E-state index contributed by atoms with van der Waals surface area (Å²) in [6.07, 6.45) is -22.5. The Kier molecular flexibility index (Phi) is 23.7. The van der Waals surface area contributed by atoms with Crippen LogP contribution < -0.4 is 5.32 Å². The number of oxime groups is 4. The zero-order valence-electron chi connectivity index (χ0n) is 49.1. The fraction of sp³-hybridized carbons (Fsp3) is 0.800. The first-order valence-electron chi connectivity index (χ1n) is 29.7. The first-order valence-corrected chi connectivity index (χ1v) is 29.7. The molecule has 1 amide bonds. The summed E-state index contributed by atoms with van der Waals surface area (Å²) in [4.78, 5) is 133. The Balaban J connectivity index is 1.31. The summed E-state index contributed by atoms with van der Waals surface area (Å²) in [5.74, 6) is -20.0. The molecule has 0 spiro atoms. The Hall–Kier alpha value is -5.35. The molecule has 28 atom stereocenters. The number of rotatable bonds is 20. The van der Waals surface area contributed by atoms with E-state index in [1.54, 1.807) is 0 Å². The maximum absolute atomic E-state index is 15.9. The summed E-state index contributed by atoms with van der Waals surface area (Å²) in [5, 5.41) is 143. The predicted octanol–water partition coefficient (Wildman–Crippen LogP) is -7.62. The molecule has 0 bridgehead atoms. The van der Waals surface area contributed by atoms with Gasteiger partial charge in [0.15, 0.2) is 34.7 Å². The topological polar surface area (TPSA) is 504 Å². The van der Waals surface area contributed by atoms with Crippen LogP contribution in [-0.4, -0.2) is 305 Å². The van der Waals surface area contributed by atoms with Gasteiger partial charge in [0, 0.05) is 48.5 Å². The van der Waals surface area contributed by atoms with Crippen LogP contribution in [-0.2, 0) is 71.9 Å². The Morgan fingerprint density at radius 2 is 0.899 bits per heavy atom. The fourth-order valence-corrected chi connectivity index (χ4v) is 13.2. The van der Waals surface area contributed by atoms with E-state index >= 15 is 28.8 Å². The Labute approximate surface area is 508 Å². The first-order chi connectivity index (χ1) is 42.4. The lowest BCUT2D eigenvalue weighted by atomic mass is 9.60. The second-order valence-corrected chi connectivity index (χ2v) is 24.0. The number of aliphatic hydroxyl groups is 12. The Bertz CT molecular complexity index is 2630. The monoisotopic (exact) mass is 1270 g/mol. The molecule has 8 aliphatic rings. The number of fused-ring (bicyclic) bond motifs is 3. The highest BCUT2D eigenvalue weighted by Crippen LogP contribution is 2.45. The number of Topliss-reactive ketones (excluding diaryl/α,β-unsaturated/α-hetero) is 6. The summed E-state index contributed by atoms with van der Waals surface area (Å²) in [6.45, 7) is 1.46. The number of ketones is 6. The highest BCUT2D eigenvalue weighted by Gasteiger charge is 2.60. The van der Waals surface area contributed by atoms with E-state index in [0.29, 0.717) is 24.9 Å². The van der Waals surface area contributed by atoms with E-state index in [0.717, 1.165) is 4.90 Å². The molecular formula is C55H81N7O27. The summed E-state index contributed by atoms with van der Waals surface area (Å²) in [7, 11) is 0. The molecule has 0 aromatic carbocycles. The molecule has 8 fully saturated rings. The molecule has 34 heteroatoms. The van der Waals surface area contributed by atoms with Crippen LogP contribution >= 0.6 is 0 Å². The van der Waals surface area contributed by atoms with E-state index in [2.05, 4.69) is 25.9 Å². The third-order valence-electron chi connectivity index (χ3n) is 18.6. The van der Waals surface area contributed by atoms with Crippen molar-refractivity contribution in [3.63, 3.8) is 0 Å². The van der Waals surface area contributed by atoms with Crippen LogP contribution in [0.4, 0.5) is 0 Å². The molecule has 498 valence electrons. The van der Waals surface area contributed by atoms with Crippen molar-refractivity contribution >= 4 is 65.5 Å². The van der Waals surface area contributed by atoms with Gasteiger partial charge >= 0.3 is 0 Å². The first kappa shape index (κ1) is 69.5. The number of carbonyl (C=O) groups excluding carboxylic acids is 7. The van der Waals surface area contributed by atoms with Crippen LogP contribution in [0, 0.1) is 47.3 Å². The van der Waals surface area contributed by atoms with Crippen molar-refractivity contribution in [1.82, 2.24) is 15.1 Å². The number of amides is 1. The molecule has 89 heavy (non-hydrogen) atoms. The van der Waals surface area contributed by atoms with E-state index in [4.69, 9.17) is 38.3 Å². The Morgan fingerprint density at radius 1 is 0.517 bits per heavy atom. The molecule has 0 radical (unpaired) electrons. The second kappa shape index (κ2) is 30.4. The van der Waals surface area contributed by atoms with E-state index in [1.165, 1.54) is 32.6 Å². The van der Waals surface area contributed by atoms with Crippen LogP contribution in [0.2, 0.25) is 0 Å². The molecule has 0 aromatic rings. The normalized spacial score (nSPS) is 43.6. The minimum Gasteiger partial charge on any atom is -0.394 e. The van der Waals surface area contributed by atoms with Crippen molar-refractivity contribution in [2.24, 2.45) is 68.0 Å². The van der Waals surface area contributed by atoms with Gasteiger partial charge in [-0.15, -0.1) is 0 Å². The van der Waals surface area contributed by atoms with Crippen molar-refractivity contribution in [3.05, 3.63) is 0 Å². The molecular weight excluding hydrogens is 1190 g/mol. The highest BCUT2D eigenvalue weighted by molar-refractivity contribution is 6.35. The molecule has 34 nitrogen and oxygen atoms in total. The zero-order valence-corrected chi connectivity index (χ0v) is 49.1. The van der Waals surface area contributed by atoms with Gasteiger partial charge in [-0.05, 0) is 38.1 Å². The summed E-state index contributed by atoms with van der Waals surface area (Å²) in [5.41, 5.74) is 0. The fourth-order valence-electron chi connectivity index (χ4n) is 13.2. The van der Waals surface area contributed by atoms with E-state index in [9.17, 15) is 66.1 Å². The highest BCUT2D eigenvalue weighted by atomic mass is 16.8. The largest absolute Gasteiger partial charge is 0.394 e. The van der Waals surface area contributed by atoms with Gasteiger partial charge in [-0.3, -0.25) is 43.8 Å². The molecule has 8 saturated heterocycles. The minimum atomic E-state index is -2.32. The van der Waals surface area contributed by atoms with E-state index in [-0.39, 0.29) is 38.8 Å². The van der Waals surface area contributed by atoms with Crippen molar-refractivity contribution < 1.29 is 133 Å². The van der Waals surface area contributed by atoms with Gasteiger partial charge in [0.1, 0.15) is 73.7 Å². The number of aliphatic hydroxyl groups excluding tert-OH is 12. The summed E-state index contributed by atoms with van der Waals surface area (Å²) in [6, 6.07) is -6.73. The second-order valence-electron chi connectivity index (χ2n) is 24.0. The lowest BCUT2D eigenvalue weighted by molar-refractivity contribution is -0.282. The SMILES string of the molecule is CC1C(O/N=C/C(=O)C2NCC(=O)N3CCC[C@H]3C(=O)[C@H](C(=O)/C=N/OC3OC(CO)C(O)C(O)C3C)C3C2C(C(=O)/C=N/OC2OC(CO)C(O)C(O)C2C)N2CCC[C@H]2C(=O)C[C@@H]3C(=O)/C=N/OC2OC(CO)C(O)C(O)C2C)OC(CO)C(O)C1O. The summed E-state index contributed by atoms with van der Waals surface area (Å²) >= 11 is 0. The molecule has 8 aliphatic heterocycles. The Morgan fingerprint density at radius 3 is 1.33 bits per heavy atom. The standard InChI is InChI=1S/C55H81N7O27/c1-21-43(73)48(78)33(17-63)82-52(21)86-57-12-29(68)25-11-28(67)26-7-5-10-62(26)42(32(71)15-60-89-55-24(4)46(76)51(81)36(20-66)85-55)40-38(25)39(30(69)13-58-87-53-22(2)44(74)49(79)34(18-64)83-53)47(77)27-8-6-9-61(27)37(72)16-56-41(40)31(70)14-59-88-54-23(3)45(75)50(80)35(19-65)84-54/h12-15,21-27,33-36,38-46,48-56,63-66,73-76,78-81H,5-11,16-20H2,1-4H3/b57-12+,58-13+,59-14+,60-15+/t21?,22?,23?,24?,25-,26+,27+,33?,34?,35?,36?,38?,39-,40?,41?,42?,43?,44?,45?,46?,48?,49?,50?,51?,52?,53?,54?,55?/m1/s1.